The number of carbonyl (C=O) groups excluding carboxylic acids is 1. The minimum atomic E-state index is -4.68. The molecule has 0 saturated carbocycles. The minimum absolute atomic E-state index is 0.0254. The fraction of sp³-hybridized carbons (Fsp3) is 0.450. The average molecular weight is 450 g/mol. The molecule has 4 heterocycles. The van der Waals surface area contributed by atoms with Crippen LogP contribution in [-0.2, 0) is 17.5 Å². The lowest BCUT2D eigenvalue weighted by atomic mass is 9.91. The van der Waals surface area contributed by atoms with Crippen molar-refractivity contribution in [3.8, 4) is 11.8 Å². The molecule has 2 aliphatic rings. The maximum Gasteiger partial charge on any atom is 0.451 e. The summed E-state index contributed by atoms with van der Waals surface area (Å²) in [5.41, 5.74) is -1.42. The predicted octanol–water partition coefficient (Wildman–Crippen LogP) is 2.49. The highest BCUT2D eigenvalue weighted by molar-refractivity contribution is 5.85. The van der Waals surface area contributed by atoms with Crippen molar-refractivity contribution in [2.45, 2.75) is 31.2 Å². The number of anilines is 1. The van der Waals surface area contributed by atoms with Gasteiger partial charge in [0.2, 0.25) is 5.82 Å². The van der Waals surface area contributed by atoms with Gasteiger partial charge in [0, 0.05) is 50.1 Å². The Hall–Kier alpha value is -3.49. The summed E-state index contributed by atoms with van der Waals surface area (Å²) in [5, 5.41) is 9.20. The van der Waals surface area contributed by atoms with E-state index in [2.05, 4.69) is 15.0 Å². The smallest absolute Gasteiger partial charge is 0.451 e. The molecule has 1 fully saturated rings. The standard InChI is InChI=1S/C20H18F4N6O2/c21-19(2-5-29(6-3-19)15-1-4-27-17(28-15)20(22,23)24)18(31)30-7-8-32-16-13(9-25)10-26-11-14(16)12-30/h1,4,10-11H,2-3,5-8,12H2. The molecule has 32 heavy (non-hydrogen) atoms. The Labute approximate surface area is 180 Å². The van der Waals surface area contributed by atoms with Crippen LogP contribution in [-0.4, -0.2) is 57.7 Å². The number of ether oxygens (including phenoxy) is 1. The van der Waals surface area contributed by atoms with Crippen LogP contribution in [0.4, 0.5) is 23.4 Å². The molecule has 12 heteroatoms. The fourth-order valence-electron chi connectivity index (χ4n) is 3.82. The normalized spacial score (nSPS) is 18.2. The van der Waals surface area contributed by atoms with Crippen LogP contribution < -0.4 is 9.64 Å². The Morgan fingerprint density at radius 3 is 2.66 bits per heavy atom. The first kappa shape index (κ1) is 21.7. The lowest BCUT2D eigenvalue weighted by Gasteiger charge is -2.38. The summed E-state index contributed by atoms with van der Waals surface area (Å²) in [4.78, 5) is 26.6. The lowest BCUT2D eigenvalue weighted by molar-refractivity contribution is -0.146. The number of carbonyl (C=O) groups is 1. The van der Waals surface area contributed by atoms with E-state index in [-0.39, 0.29) is 57.0 Å². The quantitative estimate of drug-likeness (QED) is 0.649. The summed E-state index contributed by atoms with van der Waals surface area (Å²) in [6.45, 7) is 0.331. The number of alkyl halides is 4. The van der Waals surface area contributed by atoms with Gasteiger partial charge in [0.15, 0.2) is 5.67 Å². The summed E-state index contributed by atoms with van der Waals surface area (Å²) < 4.78 is 59.8. The van der Waals surface area contributed by atoms with Gasteiger partial charge in [0.25, 0.3) is 5.91 Å². The van der Waals surface area contributed by atoms with E-state index in [0.717, 1.165) is 6.20 Å². The molecule has 0 spiro atoms. The molecule has 4 rings (SSSR count). The number of fused-ring (bicyclic) bond motifs is 1. The molecule has 0 aromatic carbocycles. The zero-order chi connectivity index (χ0) is 22.9. The summed E-state index contributed by atoms with van der Waals surface area (Å²) in [6.07, 6.45) is -1.23. The van der Waals surface area contributed by atoms with Crippen molar-refractivity contribution >= 4 is 11.7 Å². The molecule has 1 amide bonds. The number of amides is 1. The van der Waals surface area contributed by atoms with Gasteiger partial charge in [-0.25, -0.2) is 14.4 Å². The van der Waals surface area contributed by atoms with E-state index < -0.39 is 23.6 Å². The molecule has 1 saturated heterocycles. The van der Waals surface area contributed by atoms with Crippen LogP contribution >= 0.6 is 0 Å². The molecule has 8 nitrogen and oxygen atoms in total. The fourth-order valence-corrected chi connectivity index (χ4v) is 3.82. The Bertz CT molecular complexity index is 1060. The van der Waals surface area contributed by atoms with Crippen molar-refractivity contribution < 1.29 is 27.1 Å². The molecule has 2 aromatic rings. The number of hydrogen-bond donors (Lipinski definition) is 0. The summed E-state index contributed by atoms with van der Waals surface area (Å²) >= 11 is 0. The number of nitrogens with zero attached hydrogens (tertiary/aromatic N) is 6. The van der Waals surface area contributed by atoms with E-state index in [1.54, 1.807) is 0 Å². The SMILES string of the molecule is N#Cc1cncc2c1OCCN(C(=O)C1(F)CCN(c3ccnc(C(F)(F)F)n3)CC1)C2. The second-order valence-corrected chi connectivity index (χ2v) is 7.55. The largest absolute Gasteiger partial charge is 0.490 e. The molecule has 2 aromatic heterocycles. The zero-order valence-electron chi connectivity index (χ0n) is 16.8. The van der Waals surface area contributed by atoms with Crippen LogP contribution in [0.2, 0.25) is 0 Å². The van der Waals surface area contributed by atoms with E-state index in [4.69, 9.17) is 4.74 Å². The van der Waals surface area contributed by atoms with Gasteiger partial charge >= 0.3 is 6.18 Å². The number of nitriles is 1. The Balaban J connectivity index is 1.46. The highest BCUT2D eigenvalue weighted by Crippen LogP contribution is 2.34. The van der Waals surface area contributed by atoms with Gasteiger partial charge in [-0.3, -0.25) is 9.78 Å². The molecule has 0 atom stereocenters. The molecule has 2 aliphatic heterocycles. The van der Waals surface area contributed by atoms with Crippen LogP contribution in [0.3, 0.4) is 0 Å². The van der Waals surface area contributed by atoms with E-state index in [1.165, 1.54) is 28.3 Å². The molecular formula is C20H18F4N6O2. The Morgan fingerprint density at radius 2 is 1.97 bits per heavy atom. The molecule has 0 unspecified atom stereocenters. The van der Waals surface area contributed by atoms with Crippen LogP contribution in [0.25, 0.3) is 0 Å². The highest BCUT2D eigenvalue weighted by Gasteiger charge is 2.45. The Morgan fingerprint density at radius 1 is 1.22 bits per heavy atom. The first-order valence-corrected chi connectivity index (χ1v) is 9.84. The van der Waals surface area contributed by atoms with Crippen molar-refractivity contribution in [1.29, 1.82) is 5.26 Å². The van der Waals surface area contributed by atoms with Crippen LogP contribution in [0.1, 0.15) is 29.8 Å². The van der Waals surface area contributed by atoms with E-state index in [1.807, 2.05) is 6.07 Å². The van der Waals surface area contributed by atoms with E-state index in [9.17, 15) is 23.2 Å². The maximum absolute atomic E-state index is 15.6. The molecule has 0 N–H and O–H groups in total. The van der Waals surface area contributed by atoms with Crippen LogP contribution in [0, 0.1) is 11.3 Å². The van der Waals surface area contributed by atoms with Gasteiger partial charge < -0.3 is 14.5 Å². The second kappa shape index (κ2) is 8.22. The van der Waals surface area contributed by atoms with Crippen molar-refractivity contribution in [1.82, 2.24) is 19.9 Å². The van der Waals surface area contributed by atoms with Crippen LogP contribution in [0.5, 0.6) is 5.75 Å². The second-order valence-electron chi connectivity index (χ2n) is 7.55. The number of rotatable bonds is 2. The summed E-state index contributed by atoms with van der Waals surface area (Å²) in [5.74, 6) is -1.61. The predicted molar refractivity (Wildman–Crippen MR) is 102 cm³/mol. The number of halogens is 4. The number of aromatic nitrogens is 3. The third-order valence-electron chi connectivity index (χ3n) is 5.50. The van der Waals surface area contributed by atoms with E-state index >= 15 is 4.39 Å². The van der Waals surface area contributed by atoms with Crippen molar-refractivity contribution in [3.05, 3.63) is 41.6 Å². The molecule has 0 aliphatic carbocycles. The summed E-state index contributed by atoms with van der Waals surface area (Å²) in [7, 11) is 0. The maximum atomic E-state index is 15.6. The van der Waals surface area contributed by atoms with Gasteiger partial charge in [-0.1, -0.05) is 0 Å². The number of piperidine rings is 1. The number of hydrogen-bond acceptors (Lipinski definition) is 7. The molecule has 168 valence electrons. The Kier molecular flexibility index (Phi) is 5.58. The van der Waals surface area contributed by atoms with Crippen molar-refractivity contribution in [2.24, 2.45) is 0 Å². The minimum Gasteiger partial charge on any atom is -0.490 e. The monoisotopic (exact) mass is 450 g/mol. The van der Waals surface area contributed by atoms with Gasteiger partial charge in [-0.15, -0.1) is 0 Å². The molecular weight excluding hydrogens is 432 g/mol. The van der Waals surface area contributed by atoms with Gasteiger partial charge in [0.05, 0.1) is 13.1 Å². The third-order valence-corrected chi connectivity index (χ3v) is 5.50. The van der Waals surface area contributed by atoms with Gasteiger partial charge in [-0.05, 0) is 6.07 Å². The topological polar surface area (TPSA) is 95.2 Å². The van der Waals surface area contributed by atoms with Gasteiger partial charge in [0.1, 0.15) is 29.8 Å². The lowest BCUT2D eigenvalue weighted by Crippen LogP contribution is -2.52. The zero-order valence-corrected chi connectivity index (χ0v) is 16.8. The van der Waals surface area contributed by atoms with E-state index in [0.29, 0.717) is 11.3 Å². The first-order chi connectivity index (χ1) is 15.2. The molecule has 0 bridgehead atoms. The third kappa shape index (κ3) is 4.15. The average Bonchev–Trinajstić information content (AvgIpc) is 3.01. The number of pyridine rings is 1. The van der Waals surface area contributed by atoms with Crippen molar-refractivity contribution in [3.63, 3.8) is 0 Å². The summed E-state index contributed by atoms with van der Waals surface area (Å²) in [6, 6.07) is 3.30. The molecule has 0 radical (unpaired) electrons. The van der Waals surface area contributed by atoms with Crippen LogP contribution in [0.15, 0.2) is 24.7 Å². The highest BCUT2D eigenvalue weighted by atomic mass is 19.4. The first-order valence-electron chi connectivity index (χ1n) is 9.84. The van der Waals surface area contributed by atoms with Gasteiger partial charge in [-0.2, -0.15) is 18.4 Å². The van der Waals surface area contributed by atoms with Crippen molar-refractivity contribution in [2.75, 3.05) is 31.1 Å².